The fourth-order valence-corrected chi connectivity index (χ4v) is 3.42. The van der Waals surface area contributed by atoms with Crippen LogP contribution < -0.4 is 16.4 Å². The molecule has 0 bridgehead atoms. The Morgan fingerprint density at radius 2 is 1.75 bits per heavy atom. The molecule has 4 rings (SSSR count). The molecule has 4 N–H and O–H groups in total. The van der Waals surface area contributed by atoms with Crippen LogP contribution in [-0.2, 0) is 0 Å². The predicted octanol–water partition coefficient (Wildman–Crippen LogP) is 5.18. The number of hydrogen-bond donors (Lipinski definition) is 2. The third-order valence-electron chi connectivity index (χ3n) is 4.56. The number of nitrogen functional groups attached to an aromatic ring is 2. The molecule has 0 aliphatic carbocycles. The van der Waals surface area contributed by atoms with Gasteiger partial charge in [0.15, 0.2) is 5.58 Å². The van der Waals surface area contributed by atoms with Gasteiger partial charge in [-0.25, -0.2) is 9.37 Å². The average molecular weight is 397 g/mol. The van der Waals surface area contributed by atoms with E-state index in [0.29, 0.717) is 39.3 Å². The average Bonchev–Trinajstić information content (AvgIpc) is 2.98. The van der Waals surface area contributed by atoms with Crippen molar-refractivity contribution in [3.63, 3.8) is 0 Å². The molecule has 2 heterocycles. The Hall–Kier alpha value is -3.25. The number of hydrogen-bond acceptors (Lipinski definition) is 5. The molecular weight excluding hydrogens is 379 g/mol. The van der Waals surface area contributed by atoms with Gasteiger partial charge in [-0.1, -0.05) is 48.0 Å². The number of aromatic nitrogens is 1. The molecule has 4 aromatic rings. The Balaban J connectivity index is 2.15. The number of fused-ring (bicyclic) bond motifs is 1. The molecule has 2 aromatic heterocycles. The van der Waals surface area contributed by atoms with Gasteiger partial charge in [0.25, 0.3) is 0 Å². The van der Waals surface area contributed by atoms with Gasteiger partial charge in [-0.2, -0.15) is 0 Å². The highest BCUT2D eigenvalue weighted by Crippen LogP contribution is 2.46. The fourth-order valence-electron chi connectivity index (χ4n) is 3.24. The van der Waals surface area contributed by atoms with Crippen LogP contribution in [0, 0.1) is 5.82 Å². The normalized spacial score (nSPS) is 11.1. The molecule has 2 aromatic carbocycles. The molecular formula is C21H18ClFN4O. The van der Waals surface area contributed by atoms with Gasteiger partial charge >= 0.3 is 0 Å². The van der Waals surface area contributed by atoms with Crippen molar-refractivity contribution < 1.29 is 8.81 Å². The van der Waals surface area contributed by atoms with Crippen LogP contribution in [0.4, 0.5) is 21.8 Å². The summed E-state index contributed by atoms with van der Waals surface area (Å²) in [7, 11) is 3.74. The number of benzene rings is 2. The first-order chi connectivity index (χ1) is 13.4. The maximum atomic E-state index is 13.7. The zero-order chi connectivity index (χ0) is 20.0. The van der Waals surface area contributed by atoms with E-state index in [1.165, 1.54) is 6.07 Å². The highest BCUT2D eigenvalue weighted by Gasteiger charge is 2.25. The lowest BCUT2D eigenvalue weighted by molar-refractivity contribution is 0.628. The first-order valence-electron chi connectivity index (χ1n) is 8.58. The second-order valence-electron chi connectivity index (χ2n) is 6.63. The second-order valence-corrected chi connectivity index (χ2v) is 7.04. The number of rotatable bonds is 3. The first kappa shape index (κ1) is 18.1. The van der Waals surface area contributed by atoms with Gasteiger partial charge in [0.2, 0.25) is 5.88 Å². The summed E-state index contributed by atoms with van der Waals surface area (Å²) in [4.78, 5) is 6.70. The molecule has 0 fully saturated rings. The molecule has 0 radical (unpaired) electrons. The van der Waals surface area contributed by atoms with Crippen LogP contribution in [0.3, 0.4) is 0 Å². The van der Waals surface area contributed by atoms with Crippen LogP contribution in [0.2, 0.25) is 5.02 Å². The van der Waals surface area contributed by atoms with Gasteiger partial charge in [-0.15, -0.1) is 0 Å². The SMILES string of the molecule is CN(C)c1nc(-c2ccccc2)c2oc(N)c(N)c2c1-c1ccc(F)c(Cl)c1. The van der Waals surface area contributed by atoms with E-state index in [9.17, 15) is 4.39 Å². The van der Waals surface area contributed by atoms with E-state index in [0.717, 1.165) is 5.56 Å². The van der Waals surface area contributed by atoms with Crippen molar-refractivity contribution in [2.24, 2.45) is 0 Å². The van der Waals surface area contributed by atoms with Crippen molar-refractivity contribution in [1.82, 2.24) is 4.98 Å². The number of furan rings is 1. The third kappa shape index (κ3) is 2.82. The molecule has 142 valence electrons. The molecule has 0 aliphatic rings. The van der Waals surface area contributed by atoms with Crippen molar-refractivity contribution in [3.05, 3.63) is 59.4 Å². The van der Waals surface area contributed by atoms with Gasteiger partial charge in [0.1, 0.15) is 23.0 Å². The van der Waals surface area contributed by atoms with Gasteiger partial charge < -0.3 is 20.8 Å². The summed E-state index contributed by atoms with van der Waals surface area (Å²) in [5.41, 5.74) is 15.9. The lowest BCUT2D eigenvalue weighted by Crippen LogP contribution is -2.13. The van der Waals surface area contributed by atoms with Gasteiger partial charge in [0, 0.05) is 25.2 Å². The Kier molecular flexibility index (Phi) is 4.35. The van der Waals surface area contributed by atoms with Gasteiger partial charge in [-0.3, -0.25) is 0 Å². The molecule has 0 unspecified atom stereocenters. The molecule has 0 atom stereocenters. The summed E-state index contributed by atoms with van der Waals surface area (Å²) in [5.74, 6) is 0.252. The zero-order valence-electron chi connectivity index (χ0n) is 15.3. The molecule has 0 saturated heterocycles. The van der Waals surface area contributed by atoms with Crippen molar-refractivity contribution in [3.8, 4) is 22.4 Å². The zero-order valence-corrected chi connectivity index (χ0v) is 16.1. The molecule has 0 aliphatic heterocycles. The topological polar surface area (TPSA) is 81.3 Å². The Morgan fingerprint density at radius 1 is 1.04 bits per heavy atom. The molecule has 0 amide bonds. The third-order valence-corrected chi connectivity index (χ3v) is 4.85. The predicted molar refractivity (Wildman–Crippen MR) is 113 cm³/mol. The number of nitrogens with zero attached hydrogens (tertiary/aromatic N) is 2. The fraction of sp³-hybridized carbons (Fsp3) is 0.0952. The molecule has 28 heavy (non-hydrogen) atoms. The summed E-state index contributed by atoms with van der Waals surface area (Å²) < 4.78 is 19.5. The molecule has 7 heteroatoms. The lowest BCUT2D eigenvalue weighted by Gasteiger charge is -2.19. The summed E-state index contributed by atoms with van der Waals surface area (Å²) in [6.07, 6.45) is 0. The van der Waals surface area contributed by atoms with Crippen LogP contribution in [0.25, 0.3) is 33.4 Å². The van der Waals surface area contributed by atoms with Crippen LogP contribution in [0.1, 0.15) is 0 Å². The van der Waals surface area contributed by atoms with E-state index in [4.69, 9.17) is 32.5 Å². The van der Waals surface area contributed by atoms with E-state index >= 15 is 0 Å². The molecule has 5 nitrogen and oxygen atoms in total. The van der Waals surface area contributed by atoms with E-state index in [1.807, 2.05) is 49.3 Å². The molecule has 0 saturated carbocycles. The second kappa shape index (κ2) is 6.73. The van der Waals surface area contributed by atoms with E-state index in [2.05, 4.69) is 0 Å². The molecule has 0 spiro atoms. The first-order valence-corrected chi connectivity index (χ1v) is 8.96. The Bertz CT molecular complexity index is 1190. The minimum atomic E-state index is -0.499. The number of anilines is 3. The summed E-state index contributed by atoms with van der Waals surface area (Å²) in [6.45, 7) is 0. The maximum Gasteiger partial charge on any atom is 0.215 e. The number of halogens is 2. The van der Waals surface area contributed by atoms with Crippen molar-refractivity contribution in [2.45, 2.75) is 0 Å². The largest absolute Gasteiger partial charge is 0.436 e. The van der Waals surface area contributed by atoms with E-state index in [-0.39, 0.29) is 10.9 Å². The van der Waals surface area contributed by atoms with Crippen LogP contribution in [0.15, 0.2) is 52.9 Å². The minimum Gasteiger partial charge on any atom is -0.436 e. The summed E-state index contributed by atoms with van der Waals surface area (Å²) in [6, 6.07) is 14.1. The van der Waals surface area contributed by atoms with Gasteiger partial charge in [0.05, 0.1) is 10.4 Å². The quantitative estimate of drug-likeness (QED) is 0.498. The number of pyridine rings is 1. The van der Waals surface area contributed by atoms with Crippen molar-refractivity contribution in [2.75, 3.05) is 30.5 Å². The number of nitrogens with two attached hydrogens (primary N) is 2. The van der Waals surface area contributed by atoms with Gasteiger partial charge in [-0.05, 0) is 17.7 Å². The van der Waals surface area contributed by atoms with Crippen LogP contribution in [-0.4, -0.2) is 19.1 Å². The summed E-state index contributed by atoms with van der Waals surface area (Å²) in [5, 5.41) is 0.634. The maximum absolute atomic E-state index is 13.7. The van der Waals surface area contributed by atoms with Crippen molar-refractivity contribution in [1.29, 1.82) is 0 Å². The Morgan fingerprint density at radius 3 is 2.39 bits per heavy atom. The highest BCUT2D eigenvalue weighted by atomic mass is 35.5. The minimum absolute atomic E-state index is 0.0116. The smallest absolute Gasteiger partial charge is 0.215 e. The summed E-state index contributed by atoms with van der Waals surface area (Å²) >= 11 is 6.03. The van der Waals surface area contributed by atoms with Crippen LogP contribution >= 0.6 is 11.6 Å². The monoisotopic (exact) mass is 396 g/mol. The van der Waals surface area contributed by atoms with Crippen LogP contribution in [0.5, 0.6) is 0 Å². The highest BCUT2D eigenvalue weighted by molar-refractivity contribution is 6.31. The van der Waals surface area contributed by atoms with Crippen molar-refractivity contribution >= 4 is 40.0 Å². The van der Waals surface area contributed by atoms with E-state index < -0.39 is 5.82 Å². The standard InChI is InChI=1S/C21H18ClFN4O/c1-27(2)21-15(12-8-9-14(23)13(22)10-12)16-17(24)20(25)28-19(16)18(26-21)11-6-4-3-5-7-11/h3-10H,24-25H2,1-2H3. The lowest BCUT2D eigenvalue weighted by atomic mass is 9.98. The van der Waals surface area contributed by atoms with E-state index in [1.54, 1.807) is 12.1 Å². The Labute approximate surface area is 166 Å².